The molecule has 0 radical (unpaired) electrons. The van der Waals surface area contributed by atoms with E-state index in [1.807, 2.05) is 0 Å². The first-order valence-electron chi connectivity index (χ1n) is 13.3. The maximum Gasteiger partial charge on any atom is 0.327 e. The molecular weight excluding hydrogens is 640 g/mol. The number of hydrogen-bond donors (Lipinski definition) is 4. The second-order valence-electron chi connectivity index (χ2n) is 10.1. The fourth-order valence-electron chi connectivity index (χ4n) is 5.58. The minimum atomic E-state index is -1.29. The highest BCUT2D eigenvalue weighted by Crippen LogP contribution is 2.47. The monoisotopic (exact) mass is 654 g/mol. The van der Waals surface area contributed by atoms with Crippen LogP contribution in [-0.2, 0) is 0 Å². The number of nitro benzene ring substituents is 3. The molecule has 4 aromatic heterocycles. The molecule has 4 N–H and O–H groups in total. The van der Waals surface area contributed by atoms with Crippen LogP contribution < -0.4 is 27.4 Å². The van der Waals surface area contributed by atoms with E-state index in [0.29, 0.717) is 0 Å². The molecule has 1 aliphatic rings. The molecule has 0 atom stereocenters. The normalized spacial score (nSPS) is 12.5. The van der Waals surface area contributed by atoms with Gasteiger partial charge in [0.2, 0.25) is 0 Å². The molecule has 0 amide bonds. The molecule has 0 spiro atoms. The standard InChI is InChI=1S/C26H14N12O10/c39-23-16-15(10-1-3-11(4-2-10)36(43)44)17-20(31-26(42)33-24(17)40)35(19(16)30-25(41)32-23)22-18-21(27-8-28-22)34(9-29-18)13-6-5-12(37(45)46)7-14(13)38(47)48/h1-9,15H,(H2,30,32,39,41)(H2,31,33,40,42). The minimum Gasteiger partial charge on any atom is -0.293 e. The van der Waals surface area contributed by atoms with Crippen LogP contribution in [0.25, 0.3) is 16.9 Å². The molecule has 7 rings (SSSR count). The van der Waals surface area contributed by atoms with E-state index in [0.717, 1.165) is 52.5 Å². The Hall–Kier alpha value is -7.65. The number of imidazole rings is 1. The first-order valence-corrected chi connectivity index (χ1v) is 13.3. The third-order valence-electron chi connectivity index (χ3n) is 7.53. The van der Waals surface area contributed by atoms with Gasteiger partial charge in [0.1, 0.15) is 30.0 Å². The van der Waals surface area contributed by atoms with E-state index in [1.54, 1.807) is 0 Å². The lowest BCUT2D eigenvalue weighted by Gasteiger charge is -2.34. The highest BCUT2D eigenvalue weighted by Gasteiger charge is 2.40. The van der Waals surface area contributed by atoms with E-state index in [9.17, 15) is 49.5 Å². The van der Waals surface area contributed by atoms with Crippen LogP contribution in [0.2, 0.25) is 0 Å². The van der Waals surface area contributed by atoms with E-state index >= 15 is 0 Å². The Morgan fingerprint density at radius 2 is 1.27 bits per heavy atom. The third-order valence-corrected chi connectivity index (χ3v) is 7.53. The van der Waals surface area contributed by atoms with Gasteiger partial charge in [-0.3, -0.25) is 69.3 Å². The molecule has 48 heavy (non-hydrogen) atoms. The molecule has 0 saturated carbocycles. The molecule has 0 saturated heterocycles. The minimum absolute atomic E-state index is 0.0862. The number of hydrogen-bond acceptors (Lipinski definition) is 14. The van der Waals surface area contributed by atoms with Crippen LogP contribution in [0, 0.1) is 30.3 Å². The number of aromatic amines is 4. The Morgan fingerprint density at radius 3 is 1.83 bits per heavy atom. The van der Waals surface area contributed by atoms with Crippen molar-refractivity contribution < 1.29 is 14.8 Å². The second kappa shape index (κ2) is 10.5. The SMILES string of the molecule is O=c1[nH]c2c(c(=O)[nH]1)C(c1ccc([N+](=O)[O-])cc1)c1c([nH]c(=O)[nH]c1=O)N2c1ncnc2c1ncn2-c1ccc([N+](=O)[O-])cc1[N+](=O)[O-]. The van der Waals surface area contributed by atoms with Gasteiger partial charge in [0.25, 0.3) is 28.2 Å². The van der Waals surface area contributed by atoms with Gasteiger partial charge >= 0.3 is 11.4 Å². The van der Waals surface area contributed by atoms with Crippen LogP contribution in [0.15, 0.2) is 74.3 Å². The topological polar surface area (TPSA) is 308 Å². The van der Waals surface area contributed by atoms with E-state index in [4.69, 9.17) is 0 Å². The van der Waals surface area contributed by atoms with E-state index in [-0.39, 0.29) is 56.7 Å². The summed E-state index contributed by atoms with van der Waals surface area (Å²) in [7, 11) is 0. The van der Waals surface area contributed by atoms with Crippen molar-refractivity contribution in [1.29, 1.82) is 0 Å². The number of nitrogens with zero attached hydrogens (tertiary/aromatic N) is 8. The van der Waals surface area contributed by atoms with Gasteiger partial charge in [-0.2, -0.15) is 0 Å². The highest BCUT2D eigenvalue weighted by molar-refractivity contribution is 5.92. The largest absolute Gasteiger partial charge is 0.327 e. The van der Waals surface area contributed by atoms with E-state index < -0.39 is 54.6 Å². The summed E-state index contributed by atoms with van der Waals surface area (Å²) in [6.45, 7) is 0. The summed E-state index contributed by atoms with van der Waals surface area (Å²) in [5.41, 5.74) is -5.94. The lowest BCUT2D eigenvalue weighted by atomic mass is 9.83. The van der Waals surface area contributed by atoms with Crippen LogP contribution in [0.4, 0.5) is 34.5 Å². The zero-order chi connectivity index (χ0) is 34.0. The summed E-state index contributed by atoms with van der Waals surface area (Å²) in [5, 5.41) is 34.4. The number of fused-ring (bicyclic) bond motifs is 3. The molecule has 0 unspecified atom stereocenters. The molecule has 1 aliphatic heterocycles. The maximum atomic E-state index is 13.5. The van der Waals surface area contributed by atoms with Crippen LogP contribution in [0.1, 0.15) is 22.6 Å². The van der Waals surface area contributed by atoms with Crippen molar-refractivity contribution >= 4 is 45.7 Å². The summed E-state index contributed by atoms with van der Waals surface area (Å²) >= 11 is 0. The highest BCUT2D eigenvalue weighted by atomic mass is 16.6. The lowest BCUT2D eigenvalue weighted by molar-refractivity contribution is -0.394. The third kappa shape index (κ3) is 4.39. The summed E-state index contributed by atoms with van der Waals surface area (Å²) in [4.78, 5) is 107. The fraction of sp³-hybridized carbons (Fsp3) is 0.0385. The molecule has 2 aromatic carbocycles. The van der Waals surface area contributed by atoms with Gasteiger partial charge < -0.3 is 0 Å². The Bertz CT molecular complexity index is 2540. The second-order valence-corrected chi connectivity index (χ2v) is 10.1. The number of aromatic nitrogens is 8. The van der Waals surface area contributed by atoms with Crippen molar-refractivity contribution in [2.75, 3.05) is 4.90 Å². The predicted octanol–water partition coefficient (Wildman–Crippen LogP) is 1.26. The molecule has 22 heteroatoms. The first-order chi connectivity index (χ1) is 22.9. The van der Waals surface area contributed by atoms with E-state index in [1.165, 1.54) is 12.1 Å². The van der Waals surface area contributed by atoms with Crippen LogP contribution in [0.3, 0.4) is 0 Å². The molecular formula is C26H14N12O10. The number of non-ortho nitro benzene ring substituents is 2. The number of rotatable bonds is 6. The van der Waals surface area contributed by atoms with E-state index in [2.05, 4.69) is 34.9 Å². The molecule has 22 nitrogen and oxygen atoms in total. The number of H-pyrrole nitrogens is 4. The van der Waals surface area contributed by atoms with Crippen molar-refractivity contribution in [2.24, 2.45) is 0 Å². The fourth-order valence-corrected chi connectivity index (χ4v) is 5.58. The van der Waals surface area contributed by atoms with Crippen LogP contribution in [-0.4, -0.2) is 54.2 Å². The zero-order valence-corrected chi connectivity index (χ0v) is 23.4. The molecule has 0 bridgehead atoms. The summed E-state index contributed by atoms with van der Waals surface area (Å²) in [6.07, 6.45) is 2.12. The van der Waals surface area contributed by atoms with Crippen LogP contribution in [0.5, 0.6) is 0 Å². The average molecular weight is 654 g/mol. The van der Waals surface area contributed by atoms with Gasteiger partial charge in [0.15, 0.2) is 17.0 Å². The van der Waals surface area contributed by atoms with Crippen molar-refractivity contribution in [2.45, 2.75) is 5.92 Å². The molecule has 5 heterocycles. The lowest BCUT2D eigenvalue weighted by Crippen LogP contribution is -2.40. The molecule has 6 aromatic rings. The van der Waals surface area contributed by atoms with Crippen molar-refractivity contribution in [3.8, 4) is 5.69 Å². The van der Waals surface area contributed by atoms with Gasteiger partial charge in [-0.05, 0) is 11.6 Å². The van der Waals surface area contributed by atoms with Crippen molar-refractivity contribution in [1.82, 2.24) is 39.5 Å². The quantitative estimate of drug-likeness (QED) is 0.145. The number of nitrogens with one attached hydrogen (secondary N) is 4. The van der Waals surface area contributed by atoms with Gasteiger partial charge in [-0.25, -0.2) is 24.5 Å². The first kappa shape index (κ1) is 29.1. The molecule has 0 aliphatic carbocycles. The van der Waals surface area contributed by atoms with Gasteiger partial charge in [-0.1, -0.05) is 12.1 Å². The maximum absolute atomic E-state index is 13.5. The predicted molar refractivity (Wildman–Crippen MR) is 161 cm³/mol. The summed E-state index contributed by atoms with van der Waals surface area (Å²) in [6, 6.07) is 7.84. The Kier molecular flexibility index (Phi) is 6.34. The van der Waals surface area contributed by atoms with Gasteiger partial charge in [0, 0.05) is 18.2 Å². The van der Waals surface area contributed by atoms with Gasteiger partial charge in [-0.15, -0.1) is 0 Å². The average Bonchev–Trinajstić information content (AvgIpc) is 3.48. The molecule has 0 fully saturated rings. The number of nitro groups is 3. The van der Waals surface area contributed by atoms with Crippen molar-refractivity contribution in [3.63, 3.8) is 0 Å². The molecule has 238 valence electrons. The Balaban J connectivity index is 1.52. The zero-order valence-electron chi connectivity index (χ0n) is 23.4. The van der Waals surface area contributed by atoms with Gasteiger partial charge in [0.05, 0.1) is 37.9 Å². The Labute approximate surface area is 260 Å². The smallest absolute Gasteiger partial charge is 0.293 e. The number of anilines is 3. The summed E-state index contributed by atoms with van der Waals surface area (Å²) in [5.74, 6) is -2.03. The van der Waals surface area contributed by atoms with Crippen molar-refractivity contribution in [3.05, 3.63) is 144 Å². The van der Waals surface area contributed by atoms with Crippen LogP contribution >= 0.6 is 0 Å². The number of benzene rings is 2. The summed E-state index contributed by atoms with van der Waals surface area (Å²) < 4.78 is 1.15. The Morgan fingerprint density at radius 1 is 0.688 bits per heavy atom.